The van der Waals surface area contributed by atoms with E-state index in [1.807, 2.05) is 32.8 Å². The Morgan fingerprint density at radius 1 is 1.17 bits per heavy atom. The summed E-state index contributed by atoms with van der Waals surface area (Å²) in [7, 11) is 3.65. The summed E-state index contributed by atoms with van der Waals surface area (Å²) in [4.78, 5) is 14.3. The molecule has 0 saturated carbocycles. The molecule has 0 heterocycles. The maximum atomic E-state index is 13.2. The van der Waals surface area contributed by atoms with Crippen molar-refractivity contribution >= 4 is 5.78 Å². The van der Waals surface area contributed by atoms with Crippen molar-refractivity contribution in [2.24, 2.45) is 0 Å². The molecule has 0 amide bonds. The molecular weight excluding hydrogens is 236 g/mol. The summed E-state index contributed by atoms with van der Waals surface area (Å²) >= 11 is 0. The van der Waals surface area contributed by atoms with E-state index in [0.29, 0.717) is 12.8 Å². The van der Waals surface area contributed by atoms with Gasteiger partial charge in [-0.3, -0.25) is 9.69 Å². The van der Waals surface area contributed by atoms with E-state index in [1.54, 1.807) is 0 Å². The van der Waals surface area contributed by atoms with Crippen molar-refractivity contribution in [3.63, 3.8) is 0 Å². The van der Waals surface area contributed by atoms with E-state index < -0.39 is 17.2 Å². The Labute approximate surface area is 107 Å². The van der Waals surface area contributed by atoms with Crippen molar-refractivity contribution in [2.45, 2.75) is 32.2 Å². The van der Waals surface area contributed by atoms with E-state index in [9.17, 15) is 13.6 Å². The lowest BCUT2D eigenvalue weighted by molar-refractivity contribution is 0.0655. The molecule has 0 bridgehead atoms. The number of Topliss-reactive ketones (excluding diaryl/α,β-unsaturated/α-hetero) is 1. The highest BCUT2D eigenvalue weighted by molar-refractivity contribution is 6.03. The zero-order valence-corrected chi connectivity index (χ0v) is 11.3. The molecule has 2 nitrogen and oxygen atoms in total. The number of hydrogen-bond donors (Lipinski definition) is 0. The van der Waals surface area contributed by atoms with Gasteiger partial charge in [0.2, 0.25) is 0 Å². The first-order valence-corrected chi connectivity index (χ1v) is 6.06. The second kappa shape index (κ2) is 5.57. The van der Waals surface area contributed by atoms with Crippen LogP contribution in [0.5, 0.6) is 0 Å². The number of rotatable bonds is 5. The highest BCUT2D eigenvalue weighted by atomic mass is 19.2. The van der Waals surface area contributed by atoms with Crippen LogP contribution in [0.2, 0.25) is 0 Å². The summed E-state index contributed by atoms with van der Waals surface area (Å²) in [5, 5.41) is 0. The fraction of sp³-hybridized carbons (Fsp3) is 0.500. The van der Waals surface area contributed by atoms with Crippen LogP contribution in [-0.4, -0.2) is 30.3 Å². The number of carbonyl (C=O) groups excluding carboxylic acids is 1. The Morgan fingerprint density at radius 3 is 2.11 bits per heavy atom. The average Bonchev–Trinajstić information content (AvgIpc) is 2.34. The van der Waals surface area contributed by atoms with Crippen LogP contribution in [0.4, 0.5) is 8.78 Å². The summed E-state index contributed by atoms with van der Waals surface area (Å²) < 4.78 is 26.1. The van der Waals surface area contributed by atoms with Gasteiger partial charge in [-0.1, -0.05) is 13.8 Å². The second-order valence-electron chi connectivity index (χ2n) is 4.59. The van der Waals surface area contributed by atoms with E-state index >= 15 is 0 Å². The van der Waals surface area contributed by atoms with E-state index in [0.717, 1.165) is 12.1 Å². The third-order valence-electron chi connectivity index (χ3n) is 3.63. The van der Waals surface area contributed by atoms with E-state index in [2.05, 4.69) is 0 Å². The number of likely N-dealkylation sites (N-methyl/N-ethyl adjacent to an activating group) is 1. The van der Waals surface area contributed by atoms with Crippen LogP contribution < -0.4 is 0 Å². The summed E-state index contributed by atoms with van der Waals surface area (Å²) in [6.07, 6.45) is 1.24. The van der Waals surface area contributed by atoms with Crippen LogP contribution in [0.15, 0.2) is 18.2 Å². The van der Waals surface area contributed by atoms with Gasteiger partial charge in [-0.05, 0) is 45.1 Å². The lowest BCUT2D eigenvalue weighted by atomic mass is 9.83. The Bertz CT molecular complexity index is 439. The lowest BCUT2D eigenvalue weighted by Gasteiger charge is -2.37. The number of benzene rings is 1. The van der Waals surface area contributed by atoms with Crippen molar-refractivity contribution in [3.8, 4) is 0 Å². The molecule has 0 radical (unpaired) electrons. The first kappa shape index (κ1) is 14.8. The zero-order valence-electron chi connectivity index (χ0n) is 11.3. The quantitative estimate of drug-likeness (QED) is 0.753. The second-order valence-corrected chi connectivity index (χ2v) is 4.59. The fourth-order valence-electron chi connectivity index (χ4n) is 2.31. The first-order valence-electron chi connectivity index (χ1n) is 6.06. The summed E-state index contributed by atoms with van der Waals surface area (Å²) in [6, 6.07) is 3.31. The molecule has 0 aliphatic carbocycles. The van der Waals surface area contributed by atoms with E-state index in [1.165, 1.54) is 6.07 Å². The Kier molecular flexibility index (Phi) is 4.57. The highest BCUT2D eigenvalue weighted by Crippen LogP contribution is 2.27. The topological polar surface area (TPSA) is 20.3 Å². The maximum Gasteiger partial charge on any atom is 0.183 e. The van der Waals surface area contributed by atoms with Gasteiger partial charge in [0.25, 0.3) is 0 Å². The average molecular weight is 255 g/mol. The molecule has 0 fully saturated rings. The van der Waals surface area contributed by atoms with Crippen molar-refractivity contribution in [1.29, 1.82) is 0 Å². The molecule has 1 aromatic carbocycles. The molecule has 18 heavy (non-hydrogen) atoms. The van der Waals surface area contributed by atoms with Crippen LogP contribution in [0.25, 0.3) is 0 Å². The van der Waals surface area contributed by atoms with Crippen LogP contribution in [0, 0.1) is 11.6 Å². The van der Waals surface area contributed by atoms with Crippen LogP contribution >= 0.6 is 0 Å². The normalized spacial score (nSPS) is 11.9. The zero-order chi connectivity index (χ0) is 13.9. The monoisotopic (exact) mass is 255 g/mol. The van der Waals surface area contributed by atoms with Crippen LogP contribution in [-0.2, 0) is 0 Å². The molecule has 1 aromatic rings. The van der Waals surface area contributed by atoms with Gasteiger partial charge in [0, 0.05) is 5.56 Å². The predicted molar refractivity (Wildman–Crippen MR) is 67.7 cm³/mol. The molecule has 1 rings (SSSR count). The SMILES string of the molecule is CCC(CC)(C(=O)c1ccc(F)c(F)c1)N(C)C. The number of nitrogens with zero attached hydrogens (tertiary/aromatic N) is 1. The summed E-state index contributed by atoms with van der Waals surface area (Å²) in [5.41, 5.74) is -0.448. The van der Waals surface area contributed by atoms with Gasteiger partial charge in [-0.25, -0.2) is 8.78 Å². The Balaban J connectivity index is 3.22. The number of ketones is 1. The van der Waals surface area contributed by atoms with Crippen molar-refractivity contribution in [2.75, 3.05) is 14.1 Å². The standard InChI is InChI=1S/C14H19F2NO/c1-5-14(6-2,17(3)4)13(18)10-7-8-11(15)12(16)9-10/h7-9H,5-6H2,1-4H3. The third-order valence-corrected chi connectivity index (χ3v) is 3.63. The highest BCUT2D eigenvalue weighted by Gasteiger charge is 2.37. The summed E-state index contributed by atoms with van der Waals surface area (Å²) in [6.45, 7) is 3.84. The number of halogens is 2. The van der Waals surface area contributed by atoms with E-state index in [-0.39, 0.29) is 11.3 Å². The van der Waals surface area contributed by atoms with Crippen molar-refractivity contribution < 1.29 is 13.6 Å². The smallest absolute Gasteiger partial charge is 0.183 e. The summed E-state index contributed by atoms with van der Waals surface area (Å²) in [5.74, 6) is -2.09. The molecule has 0 N–H and O–H groups in total. The molecular formula is C14H19F2NO. The molecule has 100 valence electrons. The molecule has 0 atom stereocenters. The Hall–Kier alpha value is -1.29. The number of carbonyl (C=O) groups is 1. The van der Waals surface area contributed by atoms with Crippen molar-refractivity contribution in [3.05, 3.63) is 35.4 Å². The van der Waals surface area contributed by atoms with Gasteiger partial charge in [0.05, 0.1) is 5.54 Å². The largest absolute Gasteiger partial charge is 0.297 e. The molecule has 0 unspecified atom stereocenters. The molecule has 4 heteroatoms. The van der Waals surface area contributed by atoms with Gasteiger partial charge in [-0.2, -0.15) is 0 Å². The van der Waals surface area contributed by atoms with Crippen LogP contribution in [0.1, 0.15) is 37.0 Å². The molecule has 0 aromatic heterocycles. The molecule has 0 spiro atoms. The molecule has 0 saturated heterocycles. The lowest BCUT2D eigenvalue weighted by Crippen LogP contribution is -2.50. The number of hydrogen-bond acceptors (Lipinski definition) is 2. The minimum absolute atomic E-state index is 0.170. The van der Waals surface area contributed by atoms with Crippen LogP contribution in [0.3, 0.4) is 0 Å². The van der Waals surface area contributed by atoms with Gasteiger partial charge in [0.15, 0.2) is 17.4 Å². The molecule has 0 aliphatic heterocycles. The van der Waals surface area contributed by atoms with Crippen molar-refractivity contribution in [1.82, 2.24) is 4.90 Å². The molecule has 0 aliphatic rings. The van der Waals surface area contributed by atoms with E-state index in [4.69, 9.17) is 0 Å². The van der Waals surface area contributed by atoms with Gasteiger partial charge in [-0.15, -0.1) is 0 Å². The van der Waals surface area contributed by atoms with Gasteiger partial charge in [0.1, 0.15) is 0 Å². The third kappa shape index (κ3) is 2.43. The predicted octanol–water partition coefficient (Wildman–Crippen LogP) is 3.27. The minimum atomic E-state index is -0.985. The fourth-order valence-corrected chi connectivity index (χ4v) is 2.31. The van der Waals surface area contributed by atoms with Gasteiger partial charge >= 0.3 is 0 Å². The minimum Gasteiger partial charge on any atom is -0.297 e. The Morgan fingerprint density at radius 2 is 1.72 bits per heavy atom. The maximum absolute atomic E-state index is 13.2. The first-order chi connectivity index (χ1) is 8.39. The van der Waals surface area contributed by atoms with Gasteiger partial charge < -0.3 is 0 Å².